The second kappa shape index (κ2) is 5.19. The third kappa shape index (κ3) is 3.02. The second-order valence-electron chi connectivity index (χ2n) is 5.41. The van der Waals surface area contributed by atoms with Crippen LogP contribution < -0.4 is 0 Å². The third-order valence-electron chi connectivity index (χ3n) is 4.12. The van der Waals surface area contributed by atoms with Crippen molar-refractivity contribution in [1.29, 1.82) is 0 Å². The van der Waals surface area contributed by atoms with Gasteiger partial charge in [0.05, 0.1) is 12.7 Å². The summed E-state index contributed by atoms with van der Waals surface area (Å²) in [5.74, 6) is -1.28. The van der Waals surface area contributed by atoms with Crippen molar-refractivity contribution in [3.8, 4) is 0 Å². The van der Waals surface area contributed by atoms with Crippen LogP contribution in [0.3, 0.4) is 0 Å². The van der Waals surface area contributed by atoms with Gasteiger partial charge in [-0.1, -0.05) is 6.42 Å². The minimum atomic E-state index is -5.77. The lowest BCUT2D eigenvalue weighted by Crippen LogP contribution is -2.36. The number of hydrogen-bond donors (Lipinski definition) is 0. The van der Waals surface area contributed by atoms with E-state index in [4.69, 9.17) is 0 Å². The Bertz CT molecular complexity index is 572. The number of hydrogen-bond acceptors (Lipinski definition) is 5. The molecule has 2 aliphatic rings. The molecule has 1 spiro atoms. The summed E-state index contributed by atoms with van der Waals surface area (Å²) in [5, 5.41) is 0. The van der Waals surface area contributed by atoms with Gasteiger partial charge in [-0.05, 0) is 31.1 Å². The topological polar surface area (TPSA) is 69.7 Å². The average molecular weight is 328 g/mol. The van der Waals surface area contributed by atoms with Gasteiger partial charge in [0.15, 0.2) is 0 Å². The van der Waals surface area contributed by atoms with Gasteiger partial charge in [0.1, 0.15) is 5.76 Å². The zero-order valence-corrected chi connectivity index (χ0v) is 12.1. The fraction of sp³-hybridized carbons (Fsp3) is 0.750. The smallest absolute Gasteiger partial charge is 0.466 e. The Morgan fingerprint density at radius 2 is 1.86 bits per heavy atom. The van der Waals surface area contributed by atoms with Gasteiger partial charge in [-0.3, -0.25) is 0 Å². The Hall–Kier alpha value is -1.25. The van der Waals surface area contributed by atoms with E-state index in [-0.39, 0.29) is 23.8 Å². The van der Waals surface area contributed by atoms with Crippen molar-refractivity contribution >= 4 is 16.1 Å². The largest absolute Gasteiger partial charge is 0.534 e. The van der Waals surface area contributed by atoms with E-state index in [1.54, 1.807) is 0 Å². The maximum absolute atomic E-state index is 12.4. The standard InChI is InChI=1S/C12H15F3O5S/c1-19-10(16)8-3-6-11(4-2-5-11)7-9(8)20-21(17,18)12(13,14)15/h2-7H2,1H3. The number of esters is 1. The molecule has 5 nitrogen and oxygen atoms in total. The molecule has 0 amide bonds. The molecule has 120 valence electrons. The van der Waals surface area contributed by atoms with Crippen LogP contribution in [0.2, 0.25) is 0 Å². The van der Waals surface area contributed by atoms with Crippen LogP contribution in [0.15, 0.2) is 11.3 Å². The van der Waals surface area contributed by atoms with Crippen molar-refractivity contribution in [2.24, 2.45) is 5.41 Å². The van der Waals surface area contributed by atoms with E-state index < -0.39 is 27.4 Å². The Balaban J connectivity index is 2.33. The molecule has 2 rings (SSSR count). The van der Waals surface area contributed by atoms with Crippen LogP contribution in [0.1, 0.15) is 38.5 Å². The van der Waals surface area contributed by atoms with Crippen LogP contribution in [0.5, 0.6) is 0 Å². The molecule has 0 aromatic carbocycles. The molecule has 0 heterocycles. The zero-order valence-electron chi connectivity index (χ0n) is 11.3. The summed E-state index contributed by atoms with van der Waals surface area (Å²) in [7, 11) is -4.69. The monoisotopic (exact) mass is 328 g/mol. The molecule has 0 bridgehead atoms. The van der Waals surface area contributed by atoms with Gasteiger partial charge < -0.3 is 8.92 Å². The molecule has 2 aliphatic carbocycles. The maximum Gasteiger partial charge on any atom is 0.534 e. The van der Waals surface area contributed by atoms with Crippen molar-refractivity contribution in [1.82, 2.24) is 0 Å². The van der Waals surface area contributed by atoms with Crippen LogP contribution in [-0.2, 0) is 23.8 Å². The van der Waals surface area contributed by atoms with Gasteiger partial charge in [0.25, 0.3) is 0 Å². The van der Waals surface area contributed by atoms with E-state index in [9.17, 15) is 26.4 Å². The van der Waals surface area contributed by atoms with E-state index in [2.05, 4.69) is 8.92 Å². The van der Waals surface area contributed by atoms with Gasteiger partial charge in [0, 0.05) is 6.42 Å². The molecule has 1 saturated carbocycles. The van der Waals surface area contributed by atoms with Gasteiger partial charge in [-0.25, -0.2) is 4.79 Å². The number of carbonyl (C=O) groups is 1. The van der Waals surface area contributed by atoms with E-state index in [0.717, 1.165) is 26.4 Å². The molecule has 21 heavy (non-hydrogen) atoms. The summed E-state index contributed by atoms with van der Waals surface area (Å²) in [4.78, 5) is 11.6. The number of methoxy groups -OCH3 is 1. The molecule has 0 aromatic heterocycles. The predicted octanol–water partition coefficient (Wildman–Crippen LogP) is 2.63. The summed E-state index contributed by atoms with van der Waals surface area (Å²) in [6.45, 7) is 0. The first-order chi connectivity index (χ1) is 9.60. The van der Waals surface area contributed by atoms with Crippen molar-refractivity contribution in [3.63, 3.8) is 0 Å². The summed E-state index contributed by atoms with van der Waals surface area (Å²) in [5.41, 5.74) is -5.89. The third-order valence-corrected chi connectivity index (χ3v) is 5.10. The van der Waals surface area contributed by atoms with Crippen molar-refractivity contribution in [2.75, 3.05) is 7.11 Å². The zero-order chi connectivity index (χ0) is 15.9. The number of alkyl halides is 3. The van der Waals surface area contributed by atoms with Gasteiger partial charge >= 0.3 is 21.6 Å². The second-order valence-corrected chi connectivity index (χ2v) is 6.94. The summed E-state index contributed by atoms with van der Waals surface area (Å²) < 4.78 is 68.3. The molecule has 0 aromatic rings. The Morgan fingerprint density at radius 1 is 1.24 bits per heavy atom. The fourth-order valence-corrected chi connectivity index (χ4v) is 3.29. The predicted molar refractivity (Wildman–Crippen MR) is 65.2 cm³/mol. The van der Waals surface area contributed by atoms with Crippen molar-refractivity contribution in [3.05, 3.63) is 11.3 Å². The van der Waals surface area contributed by atoms with Crippen LogP contribution in [0.4, 0.5) is 13.2 Å². The SMILES string of the molecule is COC(=O)C1=C(OS(=O)(=O)C(F)(F)F)CC2(CCC2)CC1. The number of halogens is 3. The van der Waals surface area contributed by atoms with E-state index >= 15 is 0 Å². The van der Waals surface area contributed by atoms with Crippen LogP contribution in [-0.4, -0.2) is 27.0 Å². The van der Waals surface area contributed by atoms with Crippen LogP contribution in [0.25, 0.3) is 0 Å². The minimum Gasteiger partial charge on any atom is -0.466 e. The lowest BCUT2D eigenvalue weighted by molar-refractivity contribution is -0.137. The van der Waals surface area contributed by atoms with E-state index in [1.807, 2.05) is 0 Å². The summed E-state index contributed by atoms with van der Waals surface area (Å²) >= 11 is 0. The van der Waals surface area contributed by atoms with Crippen LogP contribution >= 0.6 is 0 Å². The average Bonchev–Trinajstić information content (AvgIpc) is 2.34. The maximum atomic E-state index is 12.4. The highest BCUT2D eigenvalue weighted by atomic mass is 32.2. The molecule has 0 radical (unpaired) electrons. The number of rotatable bonds is 3. The highest BCUT2D eigenvalue weighted by molar-refractivity contribution is 7.87. The Morgan fingerprint density at radius 3 is 2.29 bits per heavy atom. The molecular formula is C12H15F3O5S. The fourth-order valence-electron chi connectivity index (χ4n) is 2.77. The highest BCUT2D eigenvalue weighted by Gasteiger charge is 2.51. The lowest BCUT2D eigenvalue weighted by atomic mass is 9.61. The Labute approximate surface area is 120 Å². The van der Waals surface area contributed by atoms with Gasteiger partial charge in [-0.2, -0.15) is 21.6 Å². The molecule has 1 fully saturated rings. The highest BCUT2D eigenvalue weighted by Crippen LogP contribution is 2.53. The first-order valence-corrected chi connectivity index (χ1v) is 7.82. The van der Waals surface area contributed by atoms with E-state index in [0.29, 0.717) is 6.42 Å². The molecule has 0 unspecified atom stereocenters. The number of carbonyl (C=O) groups excluding carboxylic acids is 1. The molecule has 0 N–H and O–H groups in total. The van der Waals surface area contributed by atoms with Crippen LogP contribution in [0, 0.1) is 5.41 Å². The molecule has 0 atom stereocenters. The number of allylic oxidation sites excluding steroid dienone is 1. The lowest BCUT2D eigenvalue weighted by Gasteiger charge is -2.45. The van der Waals surface area contributed by atoms with E-state index in [1.165, 1.54) is 0 Å². The van der Waals surface area contributed by atoms with Gasteiger partial charge in [0.2, 0.25) is 0 Å². The molecule has 0 saturated heterocycles. The van der Waals surface area contributed by atoms with Crippen molar-refractivity contribution < 1.29 is 35.3 Å². The Kier molecular flexibility index (Phi) is 3.98. The molecule has 0 aliphatic heterocycles. The molecular weight excluding hydrogens is 313 g/mol. The summed E-state index contributed by atoms with van der Waals surface area (Å²) in [6.07, 6.45) is 3.33. The normalized spacial score (nSPS) is 21.9. The quantitative estimate of drug-likeness (QED) is 0.452. The van der Waals surface area contributed by atoms with Crippen molar-refractivity contribution in [2.45, 2.75) is 44.0 Å². The minimum absolute atomic E-state index is 0.0206. The first kappa shape index (κ1) is 16.1. The first-order valence-electron chi connectivity index (χ1n) is 6.41. The molecule has 9 heteroatoms. The van der Waals surface area contributed by atoms with Gasteiger partial charge in [-0.15, -0.1) is 0 Å². The summed E-state index contributed by atoms with van der Waals surface area (Å²) in [6, 6.07) is 0. The number of ether oxygens (including phenoxy) is 1.